The second kappa shape index (κ2) is 14.4. The molecular formula is C33H49N3O5S. The van der Waals surface area contributed by atoms with Gasteiger partial charge in [0.05, 0.1) is 12.2 Å². The minimum atomic E-state index is -1.12. The van der Waals surface area contributed by atoms with Gasteiger partial charge in [-0.2, -0.15) is 0 Å². The van der Waals surface area contributed by atoms with Crippen molar-refractivity contribution in [2.75, 3.05) is 25.1 Å². The number of carbonyl (C=O) groups is 2. The lowest BCUT2D eigenvalue weighted by Crippen LogP contribution is -2.57. The Morgan fingerprint density at radius 3 is 2.36 bits per heavy atom. The third-order valence-electron chi connectivity index (χ3n) is 8.71. The highest BCUT2D eigenvalue weighted by molar-refractivity contribution is 8.16. The van der Waals surface area contributed by atoms with Crippen LogP contribution in [0, 0.1) is 6.92 Å². The number of rotatable bonds is 10. The maximum Gasteiger partial charge on any atom is 0.245 e. The first-order valence-electron chi connectivity index (χ1n) is 15.2. The summed E-state index contributed by atoms with van der Waals surface area (Å²) in [5.41, 5.74) is 4.76. The molecule has 42 heavy (non-hydrogen) atoms. The molecule has 9 heteroatoms. The monoisotopic (exact) mass is 599 g/mol. The molecular weight excluding hydrogens is 550 g/mol. The number of benzene rings is 2. The van der Waals surface area contributed by atoms with Crippen molar-refractivity contribution in [2.24, 2.45) is 0 Å². The Morgan fingerprint density at radius 1 is 1.00 bits per heavy atom. The summed E-state index contributed by atoms with van der Waals surface area (Å²) < 4.78 is 0. The number of hydrogen-bond acceptors (Lipinski definition) is 6. The Labute approximate surface area is 253 Å². The second-order valence-electron chi connectivity index (χ2n) is 12.6. The van der Waals surface area contributed by atoms with Crippen molar-refractivity contribution in [3.8, 4) is 0 Å². The average molecular weight is 600 g/mol. The van der Waals surface area contributed by atoms with Crippen LogP contribution >= 0.6 is 10.9 Å². The SMILES string of the molecule is Cc1ccc([C@H]2[C@H](O)[C@H](O)[C@H](O)C[SH]2C)cc1Cc1ccc(CCCC(=O)NC(C)(C)C(=O)NC2CCNCC2)cc1. The first kappa shape index (κ1) is 32.5. The lowest BCUT2D eigenvalue weighted by Gasteiger charge is -2.42. The van der Waals surface area contributed by atoms with Crippen LogP contribution in [-0.4, -0.2) is 82.1 Å². The molecule has 0 saturated carbocycles. The standard InChI is InChI=1S/C33H49N3O5S/c1-21-8-13-24(31-30(40)29(39)27(37)20-42(31)4)19-25(21)18-23-11-9-22(10-12-23)6-5-7-28(38)36-33(2,3)32(41)35-26-14-16-34-17-15-26/h8-13,19,26-27,29-31,34,37,39-40,42H,5-7,14-18,20H2,1-4H3,(H,35,41)(H,36,38)/t27-,29-,30-,31+/m1/s1. The van der Waals surface area contributed by atoms with Crippen molar-refractivity contribution in [1.29, 1.82) is 0 Å². The molecule has 2 aromatic carbocycles. The van der Waals surface area contributed by atoms with Crippen LogP contribution in [0.25, 0.3) is 0 Å². The molecule has 2 amide bonds. The van der Waals surface area contributed by atoms with Gasteiger partial charge in [-0.05, 0) is 100 Å². The zero-order valence-electron chi connectivity index (χ0n) is 25.4. The van der Waals surface area contributed by atoms with Gasteiger partial charge < -0.3 is 31.3 Å². The lowest BCUT2D eigenvalue weighted by atomic mass is 9.93. The van der Waals surface area contributed by atoms with E-state index >= 15 is 0 Å². The largest absolute Gasteiger partial charge is 0.390 e. The Morgan fingerprint density at radius 2 is 1.67 bits per heavy atom. The van der Waals surface area contributed by atoms with Gasteiger partial charge in [-0.3, -0.25) is 9.59 Å². The molecule has 0 spiro atoms. The quantitative estimate of drug-likeness (QED) is 0.210. The molecule has 2 aliphatic heterocycles. The highest BCUT2D eigenvalue weighted by Gasteiger charge is 2.40. The van der Waals surface area contributed by atoms with Gasteiger partial charge in [0.15, 0.2) is 0 Å². The van der Waals surface area contributed by atoms with Crippen LogP contribution in [-0.2, 0) is 22.4 Å². The van der Waals surface area contributed by atoms with Gasteiger partial charge in [0.25, 0.3) is 0 Å². The molecule has 8 nitrogen and oxygen atoms in total. The van der Waals surface area contributed by atoms with E-state index in [0.717, 1.165) is 49.9 Å². The Bertz CT molecular complexity index is 1210. The number of thiol groups is 1. The van der Waals surface area contributed by atoms with E-state index in [1.807, 2.05) is 6.07 Å². The van der Waals surface area contributed by atoms with Gasteiger partial charge in [-0.25, -0.2) is 10.9 Å². The average Bonchev–Trinajstić information content (AvgIpc) is 2.94. The smallest absolute Gasteiger partial charge is 0.245 e. The topological polar surface area (TPSA) is 131 Å². The fourth-order valence-corrected chi connectivity index (χ4v) is 8.41. The van der Waals surface area contributed by atoms with Crippen molar-refractivity contribution >= 4 is 22.7 Å². The third kappa shape index (κ3) is 8.35. The number of carbonyl (C=O) groups excluding carboxylic acids is 2. The zero-order valence-corrected chi connectivity index (χ0v) is 26.3. The molecule has 5 atom stereocenters. The molecule has 6 N–H and O–H groups in total. The number of piperidine rings is 1. The van der Waals surface area contributed by atoms with Gasteiger partial charge in [0.2, 0.25) is 11.8 Å². The predicted octanol–water partition coefficient (Wildman–Crippen LogP) is 2.44. The van der Waals surface area contributed by atoms with Crippen molar-refractivity contribution in [3.63, 3.8) is 0 Å². The molecule has 2 fully saturated rings. The van der Waals surface area contributed by atoms with Crippen LogP contribution in [0.2, 0.25) is 0 Å². The molecule has 2 aliphatic rings. The second-order valence-corrected chi connectivity index (χ2v) is 15.1. The van der Waals surface area contributed by atoms with Gasteiger partial charge in [-0.15, -0.1) is 0 Å². The number of aliphatic hydroxyl groups excluding tert-OH is 3. The Hall–Kier alpha value is -2.43. The van der Waals surface area contributed by atoms with Crippen LogP contribution in [0.4, 0.5) is 0 Å². The molecule has 0 aliphatic carbocycles. The summed E-state index contributed by atoms with van der Waals surface area (Å²) in [5, 5.41) is 40.2. The van der Waals surface area contributed by atoms with Crippen LogP contribution < -0.4 is 16.0 Å². The summed E-state index contributed by atoms with van der Waals surface area (Å²) >= 11 is 0. The van der Waals surface area contributed by atoms with Crippen LogP contribution in [0.1, 0.15) is 72.6 Å². The van der Waals surface area contributed by atoms with Crippen molar-refractivity contribution in [2.45, 2.75) is 94.4 Å². The number of nitrogens with one attached hydrogen (secondary N) is 3. The predicted molar refractivity (Wildman–Crippen MR) is 170 cm³/mol. The normalized spacial score (nSPS) is 26.0. The Balaban J connectivity index is 1.27. The third-order valence-corrected chi connectivity index (χ3v) is 11.2. The van der Waals surface area contributed by atoms with Crippen molar-refractivity contribution < 1.29 is 24.9 Å². The first-order chi connectivity index (χ1) is 19.9. The fraction of sp³-hybridized carbons (Fsp3) is 0.576. The van der Waals surface area contributed by atoms with E-state index in [0.29, 0.717) is 18.6 Å². The molecule has 4 rings (SSSR count). The minimum Gasteiger partial charge on any atom is -0.390 e. The minimum absolute atomic E-state index is 0.117. The number of amides is 2. The number of aryl methyl sites for hydroxylation is 2. The number of aliphatic hydroxyl groups is 3. The maximum absolute atomic E-state index is 12.7. The van der Waals surface area contributed by atoms with E-state index in [-0.39, 0.29) is 23.1 Å². The van der Waals surface area contributed by atoms with E-state index in [4.69, 9.17) is 0 Å². The molecule has 0 aromatic heterocycles. The molecule has 2 heterocycles. The fourth-order valence-electron chi connectivity index (χ4n) is 6.01. The Kier molecular flexibility index (Phi) is 11.1. The summed E-state index contributed by atoms with van der Waals surface area (Å²) in [4.78, 5) is 25.3. The molecule has 0 bridgehead atoms. The number of hydrogen-bond donors (Lipinski definition) is 7. The van der Waals surface area contributed by atoms with Gasteiger partial charge in [-0.1, -0.05) is 42.5 Å². The summed E-state index contributed by atoms with van der Waals surface area (Å²) in [7, 11) is -0.659. The molecule has 2 aromatic rings. The molecule has 1 unspecified atom stereocenters. The van der Waals surface area contributed by atoms with E-state index in [9.17, 15) is 24.9 Å². The highest BCUT2D eigenvalue weighted by Crippen LogP contribution is 2.48. The van der Waals surface area contributed by atoms with Gasteiger partial charge >= 0.3 is 0 Å². The summed E-state index contributed by atoms with van der Waals surface area (Å²) in [6.07, 6.45) is 3.52. The van der Waals surface area contributed by atoms with E-state index in [1.54, 1.807) is 13.8 Å². The maximum atomic E-state index is 12.7. The highest BCUT2D eigenvalue weighted by atomic mass is 32.2. The molecule has 0 radical (unpaired) electrons. The molecule has 232 valence electrons. The van der Waals surface area contributed by atoms with Gasteiger partial charge in [0, 0.05) is 23.5 Å². The van der Waals surface area contributed by atoms with E-state index in [1.165, 1.54) is 16.7 Å². The lowest BCUT2D eigenvalue weighted by molar-refractivity contribution is -0.133. The van der Waals surface area contributed by atoms with Crippen LogP contribution in [0.3, 0.4) is 0 Å². The summed E-state index contributed by atoms with van der Waals surface area (Å²) in [5.74, 6) is 0.269. The van der Waals surface area contributed by atoms with Crippen molar-refractivity contribution in [1.82, 2.24) is 16.0 Å². The summed E-state index contributed by atoms with van der Waals surface area (Å²) in [6, 6.07) is 14.9. The van der Waals surface area contributed by atoms with Crippen LogP contribution in [0.5, 0.6) is 0 Å². The van der Waals surface area contributed by atoms with Crippen molar-refractivity contribution in [3.05, 3.63) is 70.3 Å². The zero-order chi connectivity index (χ0) is 30.4. The molecule has 2 saturated heterocycles. The van der Waals surface area contributed by atoms with E-state index in [2.05, 4.69) is 65.5 Å². The van der Waals surface area contributed by atoms with E-state index < -0.39 is 34.7 Å². The first-order valence-corrected chi connectivity index (χ1v) is 17.2. The van der Waals surface area contributed by atoms with Gasteiger partial charge in [0.1, 0.15) is 11.6 Å². The van der Waals surface area contributed by atoms with Crippen LogP contribution in [0.15, 0.2) is 42.5 Å². The summed E-state index contributed by atoms with van der Waals surface area (Å²) in [6.45, 7) is 7.39.